The number of benzene rings is 2. The minimum absolute atomic E-state index is 0.0443. The third-order valence-corrected chi connectivity index (χ3v) is 3.69. The quantitative estimate of drug-likeness (QED) is 0.502. The molecule has 3 nitrogen and oxygen atoms in total. The van der Waals surface area contributed by atoms with Crippen LogP contribution in [0.5, 0.6) is 5.75 Å². The first-order valence-electron chi connectivity index (χ1n) is 7.51. The van der Waals surface area contributed by atoms with Gasteiger partial charge in [-0.3, -0.25) is 4.79 Å². The second-order valence-corrected chi connectivity index (χ2v) is 6.45. The van der Waals surface area contributed by atoms with Gasteiger partial charge in [-0.05, 0) is 35.2 Å². The van der Waals surface area contributed by atoms with Crippen LogP contribution in [0.2, 0.25) is 0 Å². The summed E-state index contributed by atoms with van der Waals surface area (Å²) in [4.78, 5) is 12.3. The topological polar surface area (TPSA) is 46.5 Å². The Balaban J connectivity index is 2.19. The fourth-order valence-corrected chi connectivity index (χ4v) is 2.19. The summed E-state index contributed by atoms with van der Waals surface area (Å²) in [6.45, 7) is 6.37. The first-order chi connectivity index (χ1) is 10.8. The van der Waals surface area contributed by atoms with Gasteiger partial charge in [0.2, 0.25) is 0 Å². The molecule has 120 valence electrons. The zero-order chi connectivity index (χ0) is 17.0. The lowest BCUT2D eigenvalue weighted by atomic mass is 9.86. The third-order valence-electron chi connectivity index (χ3n) is 3.69. The number of aliphatic hydroxyl groups excluding tert-OH is 1. The van der Waals surface area contributed by atoms with E-state index in [0.29, 0.717) is 16.9 Å². The highest BCUT2D eigenvalue weighted by molar-refractivity contribution is 6.07. The van der Waals surface area contributed by atoms with Crippen LogP contribution in [0.1, 0.15) is 42.3 Å². The van der Waals surface area contributed by atoms with Crippen LogP contribution in [0.3, 0.4) is 0 Å². The number of carbonyl (C=O) groups excluding carboxylic acids is 1. The van der Waals surface area contributed by atoms with Crippen LogP contribution in [0, 0.1) is 0 Å². The zero-order valence-corrected chi connectivity index (χ0v) is 14.0. The lowest BCUT2D eigenvalue weighted by molar-refractivity contribution is 0.104. The molecule has 2 rings (SSSR count). The number of ether oxygens (including phenoxy) is 1. The molecule has 2 aromatic rings. The summed E-state index contributed by atoms with van der Waals surface area (Å²) in [6.07, 6.45) is 1.24. The van der Waals surface area contributed by atoms with Crippen LogP contribution >= 0.6 is 0 Å². The van der Waals surface area contributed by atoms with Crippen LogP contribution in [0.25, 0.3) is 5.76 Å². The van der Waals surface area contributed by atoms with E-state index in [9.17, 15) is 9.90 Å². The SMILES string of the molecule is COc1ccc(/C(O)=C\C(=O)c2ccc(C(C)(C)C)cc2)cc1. The maximum atomic E-state index is 12.3. The summed E-state index contributed by atoms with van der Waals surface area (Å²) >= 11 is 0. The fraction of sp³-hybridized carbons (Fsp3) is 0.250. The molecular formula is C20H22O3. The van der Waals surface area contributed by atoms with Crippen LogP contribution in [0.4, 0.5) is 0 Å². The maximum absolute atomic E-state index is 12.3. The zero-order valence-electron chi connectivity index (χ0n) is 14.0. The number of ketones is 1. The van der Waals surface area contributed by atoms with Gasteiger partial charge in [-0.15, -0.1) is 0 Å². The molecule has 0 aliphatic rings. The number of methoxy groups -OCH3 is 1. The molecular weight excluding hydrogens is 288 g/mol. The van der Waals surface area contributed by atoms with E-state index in [4.69, 9.17) is 4.74 Å². The fourth-order valence-electron chi connectivity index (χ4n) is 2.19. The largest absolute Gasteiger partial charge is 0.507 e. The molecule has 0 aromatic heterocycles. The summed E-state index contributed by atoms with van der Waals surface area (Å²) in [6, 6.07) is 14.4. The van der Waals surface area contributed by atoms with Crippen molar-refractivity contribution in [1.29, 1.82) is 0 Å². The molecule has 0 saturated carbocycles. The Morgan fingerprint density at radius 3 is 1.96 bits per heavy atom. The number of rotatable bonds is 4. The number of carbonyl (C=O) groups is 1. The molecule has 0 unspecified atom stereocenters. The van der Waals surface area contributed by atoms with E-state index in [1.54, 1.807) is 43.5 Å². The summed E-state index contributed by atoms with van der Waals surface area (Å²) in [5.41, 5.74) is 2.34. The number of aliphatic hydroxyl groups is 1. The monoisotopic (exact) mass is 310 g/mol. The predicted octanol–water partition coefficient (Wildman–Crippen LogP) is 4.77. The molecule has 0 atom stereocenters. The minimum atomic E-state index is -0.223. The van der Waals surface area contributed by atoms with E-state index in [2.05, 4.69) is 20.8 Å². The van der Waals surface area contributed by atoms with Gasteiger partial charge in [-0.2, -0.15) is 0 Å². The lowest BCUT2D eigenvalue weighted by Crippen LogP contribution is -2.11. The number of hydrogen-bond acceptors (Lipinski definition) is 3. The van der Waals surface area contributed by atoms with Crippen molar-refractivity contribution in [1.82, 2.24) is 0 Å². The molecule has 0 spiro atoms. The number of allylic oxidation sites excluding steroid dienone is 1. The highest BCUT2D eigenvalue weighted by Crippen LogP contribution is 2.23. The van der Waals surface area contributed by atoms with Crippen molar-refractivity contribution < 1.29 is 14.6 Å². The molecule has 0 saturated heterocycles. The first-order valence-corrected chi connectivity index (χ1v) is 7.51. The predicted molar refractivity (Wildman–Crippen MR) is 93.1 cm³/mol. The van der Waals surface area contributed by atoms with Crippen LogP contribution in [-0.2, 0) is 5.41 Å². The standard InChI is InChI=1S/C20H22O3/c1-20(2,3)16-9-5-14(6-10-16)18(21)13-19(22)15-7-11-17(23-4)12-8-15/h5-13,22H,1-4H3/b19-13+. The summed E-state index contributed by atoms with van der Waals surface area (Å²) in [5.74, 6) is 0.418. The summed E-state index contributed by atoms with van der Waals surface area (Å²) < 4.78 is 5.07. The average Bonchev–Trinajstić information content (AvgIpc) is 2.54. The lowest BCUT2D eigenvalue weighted by Gasteiger charge is -2.18. The number of hydrogen-bond donors (Lipinski definition) is 1. The van der Waals surface area contributed by atoms with Gasteiger partial charge >= 0.3 is 0 Å². The summed E-state index contributed by atoms with van der Waals surface area (Å²) in [5, 5.41) is 10.1. The van der Waals surface area contributed by atoms with Crippen LogP contribution < -0.4 is 4.74 Å². The molecule has 0 amide bonds. The minimum Gasteiger partial charge on any atom is -0.507 e. The second-order valence-electron chi connectivity index (χ2n) is 6.45. The van der Waals surface area contributed by atoms with Crippen molar-refractivity contribution in [3.05, 3.63) is 71.3 Å². The highest BCUT2D eigenvalue weighted by Gasteiger charge is 2.14. The van der Waals surface area contributed by atoms with Gasteiger partial charge in [-0.25, -0.2) is 0 Å². The van der Waals surface area contributed by atoms with Crippen LogP contribution in [0.15, 0.2) is 54.6 Å². The third kappa shape index (κ3) is 4.22. The Morgan fingerprint density at radius 1 is 0.957 bits per heavy atom. The summed E-state index contributed by atoms with van der Waals surface area (Å²) in [7, 11) is 1.58. The Morgan fingerprint density at radius 2 is 1.48 bits per heavy atom. The smallest absolute Gasteiger partial charge is 0.189 e. The van der Waals surface area contributed by atoms with E-state index in [1.807, 2.05) is 12.1 Å². The van der Waals surface area contributed by atoms with E-state index in [-0.39, 0.29) is 17.0 Å². The molecule has 0 aliphatic heterocycles. The highest BCUT2D eigenvalue weighted by atomic mass is 16.5. The van der Waals surface area contributed by atoms with Crippen molar-refractivity contribution in [3.8, 4) is 5.75 Å². The normalized spacial score (nSPS) is 12.1. The van der Waals surface area contributed by atoms with Gasteiger partial charge < -0.3 is 9.84 Å². The van der Waals surface area contributed by atoms with Gasteiger partial charge in [0, 0.05) is 17.2 Å². The second kappa shape index (κ2) is 6.69. The van der Waals surface area contributed by atoms with Crippen molar-refractivity contribution in [3.63, 3.8) is 0 Å². The van der Waals surface area contributed by atoms with E-state index < -0.39 is 0 Å². The molecule has 0 heterocycles. The van der Waals surface area contributed by atoms with Gasteiger partial charge in [0.1, 0.15) is 11.5 Å². The van der Waals surface area contributed by atoms with Crippen molar-refractivity contribution in [2.75, 3.05) is 7.11 Å². The van der Waals surface area contributed by atoms with E-state index >= 15 is 0 Å². The Bertz CT molecular complexity index is 702. The molecule has 1 N–H and O–H groups in total. The molecule has 0 aliphatic carbocycles. The van der Waals surface area contributed by atoms with Crippen molar-refractivity contribution >= 4 is 11.5 Å². The van der Waals surface area contributed by atoms with Crippen molar-refractivity contribution in [2.45, 2.75) is 26.2 Å². The van der Waals surface area contributed by atoms with Gasteiger partial charge in [-0.1, -0.05) is 45.0 Å². The Labute approximate surface area is 137 Å². The van der Waals surface area contributed by atoms with Gasteiger partial charge in [0.15, 0.2) is 5.78 Å². The van der Waals surface area contributed by atoms with Crippen molar-refractivity contribution in [2.24, 2.45) is 0 Å². The molecule has 23 heavy (non-hydrogen) atoms. The molecule has 0 radical (unpaired) electrons. The van der Waals surface area contributed by atoms with E-state index in [1.165, 1.54) is 6.08 Å². The molecule has 0 fully saturated rings. The van der Waals surface area contributed by atoms with Crippen LogP contribution in [-0.4, -0.2) is 18.0 Å². The van der Waals surface area contributed by atoms with Gasteiger partial charge in [0.25, 0.3) is 0 Å². The molecule has 0 bridgehead atoms. The first kappa shape index (κ1) is 16.8. The van der Waals surface area contributed by atoms with Gasteiger partial charge in [0.05, 0.1) is 7.11 Å². The Hall–Kier alpha value is -2.55. The Kier molecular flexibility index (Phi) is 4.89. The molecule has 3 heteroatoms. The maximum Gasteiger partial charge on any atom is 0.189 e. The van der Waals surface area contributed by atoms with E-state index in [0.717, 1.165) is 5.56 Å². The average molecular weight is 310 g/mol. The molecule has 2 aromatic carbocycles.